The Balaban J connectivity index is 2.00. The van der Waals surface area contributed by atoms with E-state index in [9.17, 15) is 4.39 Å². The van der Waals surface area contributed by atoms with Crippen LogP contribution in [0.1, 0.15) is 19.3 Å². The number of imidazole rings is 1. The number of fused-ring (bicyclic) bond motifs is 1. The smallest absolute Gasteiger partial charge is 0.178 e. The summed E-state index contributed by atoms with van der Waals surface area (Å²) in [6, 6.07) is 2.99. The van der Waals surface area contributed by atoms with Gasteiger partial charge in [0.15, 0.2) is 4.77 Å². The maximum atomic E-state index is 13.4. The van der Waals surface area contributed by atoms with E-state index >= 15 is 0 Å². The fraction of sp³-hybridized carbons (Fsp3) is 0.462. The molecule has 1 unspecified atom stereocenters. The first-order valence-electron chi connectivity index (χ1n) is 6.34. The van der Waals surface area contributed by atoms with E-state index < -0.39 is 5.82 Å². The van der Waals surface area contributed by atoms with E-state index in [4.69, 9.17) is 28.6 Å². The third-order valence-electron chi connectivity index (χ3n) is 3.48. The van der Waals surface area contributed by atoms with Crippen LogP contribution >= 0.6 is 23.8 Å². The van der Waals surface area contributed by atoms with Crippen LogP contribution in [0.15, 0.2) is 12.1 Å². The lowest BCUT2D eigenvalue weighted by Crippen LogP contribution is -2.24. The highest BCUT2D eigenvalue weighted by Crippen LogP contribution is 2.24. The zero-order valence-electron chi connectivity index (χ0n) is 10.3. The largest absolute Gasteiger partial charge is 0.376 e. The van der Waals surface area contributed by atoms with Crippen molar-refractivity contribution in [2.45, 2.75) is 31.9 Å². The molecule has 1 fully saturated rings. The average Bonchev–Trinajstić information content (AvgIpc) is 2.68. The molecular weight excluding hydrogens is 287 g/mol. The van der Waals surface area contributed by atoms with Crippen molar-refractivity contribution in [3.05, 3.63) is 27.7 Å². The normalized spacial score (nSPS) is 20.0. The number of aromatic amines is 1. The minimum absolute atomic E-state index is 0.111. The zero-order chi connectivity index (χ0) is 13.4. The molecule has 2 heterocycles. The van der Waals surface area contributed by atoms with Crippen LogP contribution in [0, 0.1) is 10.6 Å². The molecule has 3 rings (SSSR count). The van der Waals surface area contributed by atoms with Crippen molar-refractivity contribution in [2.75, 3.05) is 6.61 Å². The molecule has 19 heavy (non-hydrogen) atoms. The number of nitrogens with one attached hydrogen (secondary N) is 1. The van der Waals surface area contributed by atoms with E-state index in [-0.39, 0.29) is 11.1 Å². The number of hydrogen-bond acceptors (Lipinski definition) is 2. The maximum Gasteiger partial charge on any atom is 0.178 e. The third-order valence-corrected chi connectivity index (χ3v) is 4.09. The van der Waals surface area contributed by atoms with Crippen LogP contribution in [0.25, 0.3) is 11.0 Å². The molecule has 102 valence electrons. The minimum atomic E-state index is -0.438. The minimum Gasteiger partial charge on any atom is -0.376 e. The van der Waals surface area contributed by atoms with Gasteiger partial charge in [-0.1, -0.05) is 11.6 Å². The molecule has 1 saturated heterocycles. The average molecular weight is 301 g/mol. The van der Waals surface area contributed by atoms with Crippen LogP contribution in [0.5, 0.6) is 0 Å². The monoisotopic (exact) mass is 300 g/mol. The number of halogens is 2. The molecule has 0 saturated carbocycles. The number of H-pyrrole nitrogens is 1. The van der Waals surface area contributed by atoms with Crippen molar-refractivity contribution in [2.24, 2.45) is 0 Å². The van der Waals surface area contributed by atoms with Gasteiger partial charge >= 0.3 is 0 Å². The Hall–Kier alpha value is -0.910. The molecule has 1 atom stereocenters. The first-order chi connectivity index (χ1) is 9.15. The quantitative estimate of drug-likeness (QED) is 0.848. The number of nitrogens with zero attached hydrogens (tertiary/aromatic N) is 1. The van der Waals surface area contributed by atoms with Crippen molar-refractivity contribution in [1.29, 1.82) is 0 Å². The highest BCUT2D eigenvalue weighted by molar-refractivity contribution is 7.71. The topological polar surface area (TPSA) is 29.9 Å². The molecule has 1 aliphatic heterocycles. The van der Waals surface area contributed by atoms with Gasteiger partial charge in [-0.25, -0.2) is 4.39 Å². The molecule has 1 aliphatic rings. The van der Waals surface area contributed by atoms with E-state index in [0.717, 1.165) is 25.0 Å². The van der Waals surface area contributed by atoms with Gasteiger partial charge in [-0.05, 0) is 37.5 Å². The van der Waals surface area contributed by atoms with Crippen LogP contribution in [-0.2, 0) is 11.3 Å². The Morgan fingerprint density at radius 1 is 1.47 bits per heavy atom. The van der Waals surface area contributed by atoms with E-state index in [1.165, 1.54) is 12.5 Å². The SMILES string of the molecule is Fc1cc2[nH]c(=S)n(CC3CCCCO3)c2cc1Cl. The summed E-state index contributed by atoms with van der Waals surface area (Å²) >= 11 is 11.1. The standard InChI is InChI=1S/C13H14ClFN2OS/c14-9-5-12-11(6-10(9)15)16-13(19)17(12)7-8-3-1-2-4-18-8/h5-6,8H,1-4,7H2,(H,16,19). The van der Waals surface area contributed by atoms with Gasteiger partial charge in [0.1, 0.15) is 5.82 Å². The molecule has 1 aromatic heterocycles. The van der Waals surface area contributed by atoms with Crippen molar-refractivity contribution >= 4 is 34.9 Å². The second-order valence-electron chi connectivity index (χ2n) is 4.81. The lowest BCUT2D eigenvalue weighted by molar-refractivity contribution is 0.00641. The second-order valence-corrected chi connectivity index (χ2v) is 5.61. The highest BCUT2D eigenvalue weighted by atomic mass is 35.5. The summed E-state index contributed by atoms with van der Waals surface area (Å²) in [4.78, 5) is 3.01. The van der Waals surface area contributed by atoms with E-state index in [1.807, 2.05) is 4.57 Å². The Kier molecular flexibility index (Phi) is 3.60. The van der Waals surface area contributed by atoms with Crippen LogP contribution in [0.4, 0.5) is 4.39 Å². The molecular formula is C13H14ClFN2OS. The van der Waals surface area contributed by atoms with E-state index in [0.29, 0.717) is 16.8 Å². The second kappa shape index (κ2) is 5.23. The zero-order valence-corrected chi connectivity index (χ0v) is 11.9. The number of ether oxygens (including phenoxy) is 1. The van der Waals surface area contributed by atoms with Crippen LogP contribution < -0.4 is 0 Å². The lowest BCUT2D eigenvalue weighted by Gasteiger charge is -2.23. The van der Waals surface area contributed by atoms with Crippen LogP contribution in [0.2, 0.25) is 5.02 Å². The van der Waals surface area contributed by atoms with Gasteiger partial charge in [0.05, 0.1) is 28.7 Å². The predicted octanol–water partition coefficient (Wildman–Crippen LogP) is 4.06. The summed E-state index contributed by atoms with van der Waals surface area (Å²) < 4.78 is 21.7. The van der Waals surface area contributed by atoms with Crippen LogP contribution in [-0.4, -0.2) is 22.3 Å². The first kappa shape index (κ1) is 13.1. The van der Waals surface area contributed by atoms with Crippen molar-refractivity contribution in [1.82, 2.24) is 9.55 Å². The maximum absolute atomic E-state index is 13.4. The van der Waals surface area contributed by atoms with Gasteiger partial charge in [0.25, 0.3) is 0 Å². The number of benzene rings is 1. The van der Waals surface area contributed by atoms with Crippen molar-refractivity contribution in [3.8, 4) is 0 Å². The molecule has 6 heteroatoms. The van der Waals surface area contributed by atoms with E-state index in [1.54, 1.807) is 6.07 Å². The summed E-state index contributed by atoms with van der Waals surface area (Å²) in [5.41, 5.74) is 1.49. The van der Waals surface area contributed by atoms with Gasteiger partial charge < -0.3 is 14.3 Å². The molecule has 0 radical (unpaired) electrons. The Labute approximate surface area is 120 Å². The lowest BCUT2D eigenvalue weighted by atomic mass is 10.1. The molecule has 1 N–H and O–H groups in total. The summed E-state index contributed by atoms with van der Waals surface area (Å²) in [6.07, 6.45) is 3.50. The summed E-state index contributed by atoms with van der Waals surface area (Å²) in [6.45, 7) is 1.48. The third kappa shape index (κ3) is 2.55. The summed E-state index contributed by atoms with van der Waals surface area (Å²) in [5, 5.41) is 0.111. The van der Waals surface area contributed by atoms with Crippen molar-refractivity contribution in [3.63, 3.8) is 0 Å². The summed E-state index contributed by atoms with van der Waals surface area (Å²) in [7, 11) is 0. The first-order valence-corrected chi connectivity index (χ1v) is 7.13. The molecule has 3 nitrogen and oxygen atoms in total. The molecule has 0 bridgehead atoms. The molecule has 1 aromatic carbocycles. The number of hydrogen-bond donors (Lipinski definition) is 1. The number of rotatable bonds is 2. The molecule has 0 spiro atoms. The summed E-state index contributed by atoms with van der Waals surface area (Å²) in [5.74, 6) is -0.438. The number of aromatic nitrogens is 2. The molecule has 0 aliphatic carbocycles. The fourth-order valence-electron chi connectivity index (χ4n) is 2.49. The fourth-order valence-corrected chi connectivity index (χ4v) is 2.93. The Bertz CT molecular complexity index is 660. The Morgan fingerprint density at radius 2 is 2.32 bits per heavy atom. The molecule has 0 amide bonds. The van der Waals surface area contributed by atoms with Gasteiger partial charge in [0, 0.05) is 12.7 Å². The molecule has 2 aromatic rings. The van der Waals surface area contributed by atoms with Crippen molar-refractivity contribution < 1.29 is 9.13 Å². The van der Waals surface area contributed by atoms with Crippen LogP contribution in [0.3, 0.4) is 0 Å². The highest BCUT2D eigenvalue weighted by Gasteiger charge is 2.17. The Morgan fingerprint density at radius 3 is 3.05 bits per heavy atom. The van der Waals surface area contributed by atoms with Gasteiger partial charge in [-0.15, -0.1) is 0 Å². The van der Waals surface area contributed by atoms with Gasteiger partial charge in [0.2, 0.25) is 0 Å². The van der Waals surface area contributed by atoms with E-state index in [2.05, 4.69) is 4.98 Å². The predicted molar refractivity (Wildman–Crippen MR) is 75.7 cm³/mol. The van der Waals surface area contributed by atoms with Gasteiger partial charge in [-0.2, -0.15) is 0 Å². The van der Waals surface area contributed by atoms with Gasteiger partial charge in [-0.3, -0.25) is 0 Å².